The van der Waals surface area contributed by atoms with Gasteiger partial charge in [-0.25, -0.2) is 14.4 Å². The first-order valence-corrected chi connectivity index (χ1v) is 6.63. The number of rotatable bonds is 3. The summed E-state index contributed by atoms with van der Waals surface area (Å²) in [5.74, 6) is 0.142. The number of H-pyrrole nitrogens is 1. The van der Waals surface area contributed by atoms with Gasteiger partial charge in [0, 0.05) is 14.1 Å². The van der Waals surface area contributed by atoms with Crippen molar-refractivity contribution in [2.45, 2.75) is 0 Å². The molecule has 112 valence electrons. The van der Waals surface area contributed by atoms with Crippen LogP contribution in [0.5, 0.6) is 0 Å². The number of aromatic nitrogens is 3. The monoisotopic (exact) mass is 299 g/mol. The normalized spacial score (nSPS) is 10.7. The summed E-state index contributed by atoms with van der Waals surface area (Å²) in [5.41, 5.74) is 1.05. The van der Waals surface area contributed by atoms with Gasteiger partial charge in [0.1, 0.15) is 23.0 Å². The molecule has 0 aliphatic carbocycles. The topological polar surface area (TPSA) is 73.9 Å². The van der Waals surface area contributed by atoms with Crippen LogP contribution in [-0.4, -0.2) is 35.0 Å². The minimum Gasteiger partial charge on any atom is -0.363 e. The fourth-order valence-corrected chi connectivity index (χ4v) is 2.11. The van der Waals surface area contributed by atoms with Crippen LogP contribution in [0, 0.1) is 5.82 Å². The zero-order valence-electron chi connectivity index (χ0n) is 12.1. The zero-order chi connectivity index (χ0) is 15.7. The van der Waals surface area contributed by atoms with Gasteiger partial charge in [-0.15, -0.1) is 0 Å². The van der Waals surface area contributed by atoms with E-state index in [1.807, 2.05) is 25.1 Å². The Kier molecular flexibility index (Phi) is 3.46. The average Bonchev–Trinajstić information content (AvgIpc) is 2.94. The van der Waals surface area contributed by atoms with Crippen LogP contribution in [0.3, 0.4) is 0 Å². The molecule has 0 spiro atoms. The van der Waals surface area contributed by atoms with Crippen molar-refractivity contribution < 1.29 is 9.18 Å². The summed E-state index contributed by atoms with van der Waals surface area (Å²) in [4.78, 5) is 25.3. The molecule has 2 heterocycles. The second kappa shape index (κ2) is 5.44. The molecule has 3 aromatic rings. The molecule has 0 unspecified atom stereocenters. The van der Waals surface area contributed by atoms with Crippen LogP contribution in [0.25, 0.3) is 11.0 Å². The molecule has 6 nitrogen and oxygen atoms in total. The number of benzene rings is 1. The molecule has 0 aliphatic heterocycles. The second-order valence-electron chi connectivity index (χ2n) is 4.98. The van der Waals surface area contributed by atoms with E-state index in [1.165, 1.54) is 12.4 Å². The molecular weight excluding hydrogens is 285 g/mol. The van der Waals surface area contributed by atoms with Gasteiger partial charge in [0.2, 0.25) is 0 Å². The Morgan fingerprint density at radius 2 is 2.14 bits per heavy atom. The maximum absolute atomic E-state index is 13.6. The number of hydrogen-bond donors (Lipinski definition) is 2. The number of nitrogens with one attached hydrogen (secondary N) is 2. The van der Waals surface area contributed by atoms with Gasteiger partial charge in [-0.3, -0.25) is 4.79 Å². The Labute approximate surface area is 126 Å². The van der Waals surface area contributed by atoms with Gasteiger partial charge in [-0.1, -0.05) is 6.07 Å². The smallest absolute Gasteiger partial charge is 0.259 e. The number of hydrogen-bond acceptors (Lipinski definition) is 4. The van der Waals surface area contributed by atoms with Gasteiger partial charge in [0.25, 0.3) is 5.91 Å². The number of halogens is 1. The van der Waals surface area contributed by atoms with Crippen molar-refractivity contribution in [2.24, 2.45) is 0 Å². The highest BCUT2D eigenvalue weighted by Gasteiger charge is 2.15. The van der Waals surface area contributed by atoms with E-state index in [-0.39, 0.29) is 5.56 Å². The fraction of sp³-hybridized carbons (Fsp3) is 0.133. The molecule has 0 bridgehead atoms. The predicted molar refractivity (Wildman–Crippen MR) is 82.6 cm³/mol. The van der Waals surface area contributed by atoms with Crippen molar-refractivity contribution >= 4 is 28.6 Å². The Bertz CT molecular complexity index is 843. The van der Waals surface area contributed by atoms with Crippen LogP contribution in [0.15, 0.2) is 36.7 Å². The molecule has 0 aliphatic rings. The van der Waals surface area contributed by atoms with Crippen molar-refractivity contribution in [1.82, 2.24) is 15.0 Å². The maximum atomic E-state index is 13.6. The lowest BCUT2D eigenvalue weighted by atomic mass is 10.1. The van der Waals surface area contributed by atoms with E-state index in [0.717, 1.165) is 6.07 Å². The summed E-state index contributed by atoms with van der Waals surface area (Å²) in [6.07, 6.45) is 1.42. The highest BCUT2D eigenvalue weighted by molar-refractivity contribution is 6.11. The van der Waals surface area contributed by atoms with Crippen LogP contribution in [0.2, 0.25) is 0 Å². The molecule has 2 aromatic heterocycles. The molecule has 0 fully saturated rings. The highest BCUT2D eigenvalue weighted by Crippen LogP contribution is 2.19. The number of carbonyl (C=O) groups is 1. The number of aromatic amines is 1. The van der Waals surface area contributed by atoms with E-state index in [9.17, 15) is 9.18 Å². The Morgan fingerprint density at radius 1 is 1.32 bits per heavy atom. The fourth-order valence-electron chi connectivity index (χ4n) is 2.11. The van der Waals surface area contributed by atoms with Gasteiger partial charge in [-0.05, 0) is 24.3 Å². The number of fused-ring (bicyclic) bond motifs is 1. The quantitative estimate of drug-likeness (QED) is 0.779. The molecule has 1 aromatic carbocycles. The van der Waals surface area contributed by atoms with Gasteiger partial charge in [0.15, 0.2) is 0 Å². The number of anilines is 2. The second-order valence-corrected chi connectivity index (χ2v) is 4.98. The lowest BCUT2D eigenvalue weighted by Gasteiger charge is -2.12. The minimum absolute atomic E-state index is 0.160. The van der Waals surface area contributed by atoms with E-state index in [1.54, 1.807) is 12.1 Å². The van der Waals surface area contributed by atoms with Crippen LogP contribution in [-0.2, 0) is 0 Å². The van der Waals surface area contributed by atoms with Crippen LogP contribution >= 0.6 is 0 Å². The molecule has 7 heteroatoms. The largest absolute Gasteiger partial charge is 0.363 e. The molecule has 2 N–H and O–H groups in total. The zero-order valence-corrected chi connectivity index (χ0v) is 12.1. The lowest BCUT2D eigenvalue weighted by molar-refractivity contribution is 0.102. The minimum atomic E-state index is -0.503. The Hall–Kier alpha value is -2.96. The summed E-state index contributed by atoms with van der Waals surface area (Å²) >= 11 is 0. The van der Waals surface area contributed by atoms with E-state index in [4.69, 9.17) is 0 Å². The number of pyridine rings is 1. The Balaban J connectivity index is 1.93. The summed E-state index contributed by atoms with van der Waals surface area (Å²) in [7, 11) is 3.71. The molecule has 0 radical (unpaired) electrons. The summed E-state index contributed by atoms with van der Waals surface area (Å²) in [6.45, 7) is 0. The van der Waals surface area contributed by atoms with E-state index < -0.39 is 11.7 Å². The molecular formula is C15H14FN5O. The summed E-state index contributed by atoms with van der Waals surface area (Å²) < 4.78 is 13.6. The third kappa shape index (κ3) is 2.60. The lowest BCUT2D eigenvalue weighted by Crippen LogP contribution is -2.16. The van der Waals surface area contributed by atoms with Crippen LogP contribution in [0.1, 0.15) is 10.4 Å². The first kappa shape index (κ1) is 14.0. The molecule has 3 rings (SSSR count). The molecule has 0 atom stereocenters. The average molecular weight is 299 g/mol. The SMILES string of the molecule is CN(C)c1cccc(NC(=O)c2cc(F)cc3[nH]cnc23)n1. The molecule has 22 heavy (non-hydrogen) atoms. The first-order valence-electron chi connectivity index (χ1n) is 6.63. The number of carbonyl (C=O) groups excluding carboxylic acids is 1. The predicted octanol–water partition coefficient (Wildman–Crippen LogP) is 2.42. The number of imidazole rings is 1. The Morgan fingerprint density at radius 3 is 2.91 bits per heavy atom. The van der Waals surface area contributed by atoms with E-state index >= 15 is 0 Å². The summed E-state index contributed by atoms with van der Waals surface area (Å²) in [6, 6.07) is 7.74. The van der Waals surface area contributed by atoms with Crippen molar-refractivity contribution in [3.63, 3.8) is 0 Å². The van der Waals surface area contributed by atoms with Gasteiger partial charge < -0.3 is 15.2 Å². The number of nitrogens with zero attached hydrogens (tertiary/aromatic N) is 3. The van der Waals surface area contributed by atoms with Gasteiger partial charge in [0.05, 0.1) is 17.4 Å². The van der Waals surface area contributed by atoms with Crippen molar-refractivity contribution in [3.8, 4) is 0 Å². The molecule has 0 saturated heterocycles. The van der Waals surface area contributed by atoms with E-state index in [2.05, 4.69) is 20.3 Å². The van der Waals surface area contributed by atoms with E-state index in [0.29, 0.717) is 22.7 Å². The number of amides is 1. The third-order valence-corrected chi connectivity index (χ3v) is 3.17. The van der Waals surface area contributed by atoms with Crippen molar-refractivity contribution in [3.05, 3.63) is 48.0 Å². The first-order chi connectivity index (χ1) is 10.5. The molecule has 0 saturated carbocycles. The maximum Gasteiger partial charge on any atom is 0.259 e. The highest BCUT2D eigenvalue weighted by atomic mass is 19.1. The van der Waals surface area contributed by atoms with Gasteiger partial charge >= 0.3 is 0 Å². The standard InChI is InChI=1S/C15H14FN5O/c1-21(2)13-5-3-4-12(19-13)20-15(22)10-6-9(16)7-11-14(10)18-8-17-11/h3-8H,1-2H3,(H,17,18)(H,19,20,22). The van der Waals surface area contributed by atoms with Crippen molar-refractivity contribution in [1.29, 1.82) is 0 Å². The van der Waals surface area contributed by atoms with Crippen LogP contribution in [0.4, 0.5) is 16.0 Å². The van der Waals surface area contributed by atoms with Crippen molar-refractivity contribution in [2.75, 3.05) is 24.3 Å². The third-order valence-electron chi connectivity index (χ3n) is 3.17. The van der Waals surface area contributed by atoms with Gasteiger partial charge in [-0.2, -0.15) is 0 Å². The summed E-state index contributed by atoms with van der Waals surface area (Å²) in [5, 5.41) is 2.67. The van der Waals surface area contributed by atoms with Crippen LogP contribution < -0.4 is 10.2 Å². The molecule has 1 amide bonds.